The summed E-state index contributed by atoms with van der Waals surface area (Å²) in [6.45, 7) is 8.06. The van der Waals surface area contributed by atoms with Gasteiger partial charge in [0.2, 0.25) is 0 Å². The Hall–Kier alpha value is -1.79. The Morgan fingerprint density at radius 1 is 1.19 bits per heavy atom. The molecule has 21 heavy (non-hydrogen) atoms. The number of hydrogen-bond donors (Lipinski definition) is 3. The van der Waals surface area contributed by atoms with Crippen LogP contribution in [0.15, 0.2) is 0 Å². The molecule has 0 saturated heterocycles. The van der Waals surface area contributed by atoms with Gasteiger partial charge in [-0.1, -0.05) is 20.8 Å². The number of aliphatic carboxylic acids is 1. The minimum absolute atomic E-state index is 0.0534. The van der Waals surface area contributed by atoms with Crippen molar-refractivity contribution in [3.05, 3.63) is 0 Å². The first kappa shape index (κ1) is 19.2. The third kappa shape index (κ3) is 10.6. The number of urea groups is 1. The Labute approximate surface area is 125 Å². The minimum atomic E-state index is -0.934. The van der Waals surface area contributed by atoms with E-state index in [0.29, 0.717) is 13.0 Å². The van der Waals surface area contributed by atoms with Crippen molar-refractivity contribution in [3.63, 3.8) is 0 Å². The van der Waals surface area contributed by atoms with Crippen LogP contribution < -0.4 is 10.6 Å². The molecule has 0 fully saturated rings. The summed E-state index contributed by atoms with van der Waals surface area (Å²) in [5, 5.41) is 14.1. The molecule has 1 atom stereocenters. The largest absolute Gasteiger partial charge is 0.481 e. The number of rotatable bonds is 8. The zero-order chi connectivity index (χ0) is 16.5. The van der Waals surface area contributed by atoms with Crippen LogP contribution in [0.25, 0.3) is 0 Å². The lowest BCUT2D eigenvalue weighted by Gasteiger charge is -2.23. The van der Waals surface area contributed by atoms with Crippen molar-refractivity contribution in [2.75, 3.05) is 19.7 Å². The Balaban J connectivity index is 4.03. The van der Waals surface area contributed by atoms with E-state index in [0.717, 1.165) is 0 Å². The van der Waals surface area contributed by atoms with Gasteiger partial charge in [0.1, 0.15) is 0 Å². The number of carboxylic acids is 1. The van der Waals surface area contributed by atoms with Crippen molar-refractivity contribution in [2.24, 2.45) is 11.3 Å². The molecule has 3 N–H and O–H groups in total. The summed E-state index contributed by atoms with van der Waals surface area (Å²) in [6, 6.07) is -0.487. The summed E-state index contributed by atoms with van der Waals surface area (Å²) in [7, 11) is 0. The molecule has 1 unspecified atom stereocenters. The highest BCUT2D eigenvalue weighted by Gasteiger charge is 2.24. The maximum atomic E-state index is 11.5. The summed E-state index contributed by atoms with van der Waals surface area (Å²) >= 11 is 0. The van der Waals surface area contributed by atoms with Crippen molar-refractivity contribution in [2.45, 2.75) is 40.5 Å². The van der Waals surface area contributed by atoms with Gasteiger partial charge < -0.3 is 20.5 Å². The molecule has 7 nitrogen and oxygen atoms in total. The molecule has 0 aromatic rings. The van der Waals surface area contributed by atoms with Gasteiger partial charge in [-0.3, -0.25) is 9.59 Å². The van der Waals surface area contributed by atoms with E-state index in [1.165, 1.54) is 0 Å². The summed E-state index contributed by atoms with van der Waals surface area (Å²) in [6.07, 6.45) is 0.553. The number of hydrogen-bond acceptors (Lipinski definition) is 4. The second-order valence-electron chi connectivity index (χ2n) is 5.99. The van der Waals surface area contributed by atoms with Crippen LogP contribution in [-0.2, 0) is 14.3 Å². The third-order valence-corrected chi connectivity index (χ3v) is 2.64. The average molecular weight is 302 g/mol. The standard InChI is InChI=1S/C14H26N2O5/c1-5-21-11(17)6-7-15-13(20)16-9-10(12(18)19)8-14(2,3)4/h10H,5-9H2,1-4H3,(H,18,19)(H2,15,16,20). The van der Waals surface area contributed by atoms with Gasteiger partial charge in [0.15, 0.2) is 0 Å². The van der Waals surface area contributed by atoms with Crippen molar-refractivity contribution in [1.82, 2.24) is 10.6 Å². The number of carboxylic acid groups (broad SMARTS) is 1. The smallest absolute Gasteiger partial charge is 0.314 e. The third-order valence-electron chi connectivity index (χ3n) is 2.64. The van der Waals surface area contributed by atoms with Gasteiger partial charge in [0, 0.05) is 13.1 Å². The van der Waals surface area contributed by atoms with Crippen molar-refractivity contribution in [1.29, 1.82) is 0 Å². The van der Waals surface area contributed by atoms with Crippen molar-refractivity contribution < 1.29 is 24.2 Å². The van der Waals surface area contributed by atoms with Crippen LogP contribution in [0, 0.1) is 11.3 Å². The monoisotopic (exact) mass is 302 g/mol. The fourth-order valence-corrected chi connectivity index (χ4v) is 1.78. The molecule has 0 saturated carbocycles. The quantitative estimate of drug-likeness (QED) is 0.587. The fraction of sp³-hybridized carbons (Fsp3) is 0.786. The van der Waals surface area contributed by atoms with Crippen molar-refractivity contribution in [3.8, 4) is 0 Å². The van der Waals surface area contributed by atoms with Gasteiger partial charge in [-0.2, -0.15) is 0 Å². The minimum Gasteiger partial charge on any atom is -0.481 e. The van der Waals surface area contributed by atoms with Crippen LogP contribution in [-0.4, -0.2) is 42.8 Å². The highest BCUT2D eigenvalue weighted by molar-refractivity contribution is 5.76. The van der Waals surface area contributed by atoms with E-state index >= 15 is 0 Å². The first-order chi connectivity index (χ1) is 9.65. The highest BCUT2D eigenvalue weighted by Crippen LogP contribution is 2.24. The number of nitrogens with one attached hydrogen (secondary N) is 2. The van der Waals surface area contributed by atoms with E-state index in [9.17, 15) is 14.4 Å². The zero-order valence-corrected chi connectivity index (χ0v) is 13.2. The molecule has 0 spiro atoms. The first-order valence-electron chi connectivity index (χ1n) is 7.06. The van der Waals surface area contributed by atoms with Crippen LogP contribution in [0.3, 0.4) is 0 Å². The Morgan fingerprint density at radius 2 is 1.81 bits per heavy atom. The lowest BCUT2D eigenvalue weighted by Crippen LogP contribution is -2.41. The normalized spacial score (nSPS) is 12.4. The summed E-state index contributed by atoms with van der Waals surface area (Å²) in [4.78, 5) is 33.7. The van der Waals surface area contributed by atoms with E-state index in [1.54, 1.807) is 6.92 Å². The van der Waals surface area contributed by atoms with Gasteiger partial charge in [-0.15, -0.1) is 0 Å². The summed E-state index contributed by atoms with van der Waals surface area (Å²) in [5.74, 6) is -1.95. The first-order valence-corrected chi connectivity index (χ1v) is 7.06. The predicted octanol–water partition coefficient (Wildman–Crippen LogP) is 1.38. The SMILES string of the molecule is CCOC(=O)CCNC(=O)NCC(CC(C)(C)C)C(=O)O. The Bertz CT molecular complexity index is 363. The average Bonchev–Trinajstić information content (AvgIpc) is 2.33. The second-order valence-corrected chi connectivity index (χ2v) is 5.99. The van der Waals surface area contributed by atoms with Gasteiger partial charge >= 0.3 is 18.0 Å². The molecule has 0 aliphatic heterocycles. The molecular formula is C14H26N2O5. The molecule has 0 radical (unpaired) electrons. The summed E-state index contributed by atoms with van der Waals surface area (Å²) < 4.78 is 4.72. The maximum absolute atomic E-state index is 11.5. The predicted molar refractivity (Wildman–Crippen MR) is 77.8 cm³/mol. The Kier molecular flexibility index (Phi) is 8.42. The molecule has 0 rings (SSSR count). The van der Waals surface area contributed by atoms with Crippen LogP contribution in [0.2, 0.25) is 0 Å². The molecule has 2 amide bonds. The fourth-order valence-electron chi connectivity index (χ4n) is 1.78. The topological polar surface area (TPSA) is 105 Å². The molecule has 0 aliphatic rings. The highest BCUT2D eigenvalue weighted by atomic mass is 16.5. The van der Waals surface area contributed by atoms with E-state index in [4.69, 9.17) is 9.84 Å². The number of esters is 1. The van der Waals surface area contributed by atoms with Gasteiger partial charge in [0.05, 0.1) is 18.9 Å². The van der Waals surface area contributed by atoms with Crippen molar-refractivity contribution >= 4 is 18.0 Å². The lowest BCUT2D eigenvalue weighted by atomic mass is 9.84. The number of carbonyl (C=O) groups excluding carboxylic acids is 2. The number of amides is 2. The summed E-state index contributed by atoms with van der Waals surface area (Å²) in [5.41, 5.74) is -0.134. The molecule has 122 valence electrons. The Morgan fingerprint density at radius 3 is 2.29 bits per heavy atom. The van der Waals surface area contributed by atoms with Crippen LogP contribution >= 0.6 is 0 Å². The van der Waals surface area contributed by atoms with E-state index < -0.39 is 17.9 Å². The van der Waals surface area contributed by atoms with E-state index in [2.05, 4.69) is 10.6 Å². The second kappa shape index (κ2) is 9.20. The zero-order valence-electron chi connectivity index (χ0n) is 13.2. The van der Waals surface area contributed by atoms with E-state index in [-0.39, 0.29) is 30.9 Å². The van der Waals surface area contributed by atoms with E-state index in [1.807, 2.05) is 20.8 Å². The molecule has 0 aromatic carbocycles. The molecule has 0 aliphatic carbocycles. The van der Waals surface area contributed by atoms with Crippen LogP contribution in [0.4, 0.5) is 4.79 Å². The molecular weight excluding hydrogens is 276 g/mol. The van der Waals surface area contributed by atoms with Gasteiger partial charge in [-0.25, -0.2) is 4.79 Å². The molecule has 0 heterocycles. The lowest BCUT2D eigenvalue weighted by molar-refractivity contribution is -0.143. The molecule has 7 heteroatoms. The van der Waals surface area contributed by atoms with Crippen LogP contribution in [0.1, 0.15) is 40.5 Å². The maximum Gasteiger partial charge on any atom is 0.314 e. The van der Waals surface area contributed by atoms with Gasteiger partial charge in [-0.05, 0) is 18.8 Å². The van der Waals surface area contributed by atoms with Crippen LogP contribution in [0.5, 0.6) is 0 Å². The number of carbonyl (C=O) groups is 3. The van der Waals surface area contributed by atoms with Gasteiger partial charge in [0.25, 0.3) is 0 Å². The number of ether oxygens (including phenoxy) is 1. The molecule has 0 aromatic heterocycles. The molecule has 0 bridgehead atoms.